The van der Waals surface area contributed by atoms with Crippen LogP contribution in [0.3, 0.4) is 0 Å². The van der Waals surface area contributed by atoms with Crippen molar-refractivity contribution in [2.75, 3.05) is 27.9 Å². The van der Waals surface area contributed by atoms with Gasteiger partial charge in [-0.15, -0.1) is 0 Å². The molecular formula is C9H18O6. The summed E-state index contributed by atoms with van der Waals surface area (Å²) in [5, 5.41) is 8.59. The third-order valence-electron chi connectivity index (χ3n) is 2.51. The van der Waals surface area contributed by atoms with Gasteiger partial charge in [0.15, 0.2) is 6.29 Å². The molecule has 0 aromatic carbocycles. The minimum atomic E-state index is -0.693. The predicted molar refractivity (Wildman–Crippen MR) is 50.5 cm³/mol. The molecule has 0 radical (unpaired) electrons. The van der Waals surface area contributed by atoms with Crippen molar-refractivity contribution >= 4 is 0 Å². The highest BCUT2D eigenvalue weighted by Crippen LogP contribution is 2.24. The molecular weight excluding hydrogens is 204 g/mol. The Balaban J connectivity index is 2.63. The second kappa shape index (κ2) is 6.37. The first-order valence-corrected chi connectivity index (χ1v) is 4.77. The van der Waals surface area contributed by atoms with Crippen molar-refractivity contribution in [2.24, 2.45) is 0 Å². The average molecular weight is 222 g/mol. The number of hydrogen-bond acceptors (Lipinski definition) is 6. The van der Waals surface area contributed by atoms with Gasteiger partial charge in [-0.25, -0.2) is 10.1 Å². The molecule has 90 valence electrons. The van der Waals surface area contributed by atoms with Crippen LogP contribution in [0.25, 0.3) is 0 Å². The predicted octanol–water partition coefficient (Wildman–Crippen LogP) is 0.267. The lowest BCUT2D eigenvalue weighted by Gasteiger charge is -2.38. The van der Waals surface area contributed by atoms with E-state index in [0.717, 1.165) is 0 Å². The van der Waals surface area contributed by atoms with Gasteiger partial charge in [-0.05, 0) is 0 Å². The Hall–Kier alpha value is -0.240. The Morgan fingerprint density at radius 2 is 2.00 bits per heavy atom. The Morgan fingerprint density at radius 3 is 2.47 bits per heavy atom. The molecule has 0 unspecified atom stereocenters. The molecule has 4 atom stereocenters. The molecule has 0 bridgehead atoms. The van der Waals surface area contributed by atoms with E-state index in [-0.39, 0.29) is 18.3 Å². The molecule has 1 N–H and O–H groups in total. The zero-order valence-electron chi connectivity index (χ0n) is 9.21. The maximum Gasteiger partial charge on any atom is 0.194 e. The van der Waals surface area contributed by atoms with Gasteiger partial charge in [0.2, 0.25) is 0 Å². The standard InChI is InChI=1S/C9H18O6/c1-11-5-7-9(13-3)6(12-2)4-8(14-7)15-10/h6-10H,4-5H2,1-3H3/t6-,7+,8-,9-/m1/s1. The molecule has 6 nitrogen and oxygen atoms in total. The third-order valence-corrected chi connectivity index (χ3v) is 2.51. The van der Waals surface area contributed by atoms with E-state index in [4.69, 9.17) is 24.2 Å². The number of hydrogen-bond donors (Lipinski definition) is 1. The highest BCUT2D eigenvalue weighted by molar-refractivity contribution is 4.84. The first kappa shape index (κ1) is 12.8. The van der Waals surface area contributed by atoms with Crippen LogP contribution in [0.5, 0.6) is 0 Å². The van der Waals surface area contributed by atoms with Crippen LogP contribution >= 0.6 is 0 Å². The smallest absolute Gasteiger partial charge is 0.194 e. The highest BCUT2D eigenvalue weighted by atomic mass is 17.1. The lowest BCUT2D eigenvalue weighted by Crippen LogP contribution is -2.52. The average Bonchev–Trinajstić information content (AvgIpc) is 2.28. The minimum Gasteiger partial charge on any atom is -0.382 e. The van der Waals surface area contributed by atoms with Crippen molar-refractivity contribution in [2.45, 2.75) is 31.0 Å². The Bertz CT molecular complexity index is 176. The summed E-state index contributed by atoms with van der Waals surface area (Å²) < 4.78 is 20.9. The zero-order valence-corrected chi connectivity index (χ0v) is 9.21. The number of ether oxygens (including phenoxy) is 4. The van der Waals surface area contributed by atoms with E-state index < -0.39 is 6.29 Å². The molecule has 1 fully saturated rings. The molecule has 0 aromatic rings. The van der Waals surface area contributed by atoms with Crippen molar-refractivity contribution in [1.29, 1.82) is 0 Å². The van der Waals surface area contributed by atoms with Crippen molar-refractivity contribution < 1.29 is 29.1 Å². The monoisotopic (exact) mass is 222 g/mol. The third kappa shape index (κ3) is 3.10. The number of rotatable bonds is 5. The van der Waals surface area contributed by atoms with Crippen LogP contribution in [0.15, 0.2) is 0 Å². The van der Waals surface area contributed by atoms with Gasteiger partial charge < -0.3 is 18.9 Å². The fraction of sp³-hybridized carbons (Fsp3) is 1.00. The van der Waals surface area contributed by atoms with E-state index in [1.54, 1.807) is 21.3 Å². The normalized spacial score (nSPS) is 36.8. The van der Waals surface area contributed by atoms with Crippen LogP contribution in [0.1, 0.15) is 6.42 Å². The summed E-state index contributed by atoms with van der Waals surface area (Å²) in [5.41, 5.74) is 0. The molecule has 6 heteroatoms. The summed E-state index contributed by atoms with van der Waals surface area (Å²) in [6.45, 7) is 0.359. The summed E-state index contributed by atoms with van der Waals surface area (Å²) in [5.74, 6) is 0. The van der Waals surface area contributed by atoms with Crippen LogP contribution in [0.2, 0.25) is 0 Å². The van der Waals surface area contributed by atoms with Crippen LogP contribution < -0.4 is 0 Å². The van der Waals surface area contributed by atoms with Crippen LogP contribution in [0, 0.1) is 0 Å². The molecule has 1 saturated heterocycles. The SMILES string of the molecule is COC[C@@H]1O[C@H](OO)C[C@@H](OC)[C@H]1OC. The second-order valence-electron chi connectivity index (χ2n) is 3.38. The van der Waals surface area contributed by atoms with E-state index >= 15 is 0 Å². The van der Waals surface area contributed by atoms with Gasteiger partial charge in [0, 0.05) is 27.8 Å². The Kier molecular flexibility index (Phi) is 5.44. The molecule has 0 saturated carbocycles. The van der Waals surface area contributed by atoms with Crippen molar-refractivity contribution in [3.8, 4) is 0 Å². The number of methoxy groups -OCH3 is 3. The molecule has 0 aliphatic carbocycles. The summed E-state index contributed by atoms with van der Waals surface area (Å²) in [6.07, 6.45) is -0.981. The van der Waals surface area contributed by atoms with Gasteiger partial charge in [-0.2, -0.15) is 0 Å². The van der Waals surface area contributed by atoms with Crippen molar-refractivity contribution in [3.05, 3.63) is 0 Å². The van der Waals surface area contributed by atoms with Gasteiger partial charge in [-0.3, -0.25) is 0 Å². The molecule has 1 aliphatic heterocycles. The summed E-state index contributed by atoms with van der Waals surface area (Å²) >= 11 is 0. The van der Waals surface area contributed by atoms with E-state index in [0.29, 0.717) is 13.0 Å². The second-order valence-corrected chi connectivity index (χ2v) is 3.38. The van der Waals surface area contributed by atoms with Crippen LogP contribution in [-0.4, -0.2) is 57.8 Å². The maximum absolute atomic E-state index is 8.59. The molecule has 0 spiro atoms. The highest BCUT2D eigenvalue weighted by Gasteiger charge is 2.39. The molecule has 15 heavy (non-hydrogen) atoms. The molecule has 0 aromatic heterocycles. The Morgan fingerprint density at radius 1 is 1.27 bits per heavy atom. The summed E-state index contributed by atoms with van der Waals surface area (Å²) in [6, 6.07) is 0. The van der Waals surface area contributed by atoms with E-state index in [1.807, 2.05) is 0 Å². The summed E-state index contributed by atoms with van der Waals surface area (Å²) in [4.78, 5) is 4.18. The largest absolute Gasteiger partial charge is 0.382 e. The first-order valence-electron chi connectivity index (χ1n) is 4.77. The fourth-order valence-corrected chi connectivity index (χ4v) is 1.79. The van der Waals surface area contributed by atoms with E-state index in [1.165, 1.54) is 0 Å². The molecule has 1 heterocycles. The van der Waals surface area contributed by atoms with Crippen molar-refractivity contribution in [1.82, 2.24) is 0 Å². The van der Waals surface area contributed by atoms with Gasteiger partial charge in [0.05, 0.1) is 12.7 Å². The van der Waals surface area contributed by atoms with Gasteiger partial charge in [0.1, 0.15) is 12.2 Å². The van der Waals surface area contributed by atoms with Gasteiger partial charge >= 0.3 is 0 Å². The fourth-order valence-electron chi connectivity index (χ4n) is 1.79. The molecule has 0 amide bonds. The van der Waals surface area contributed by atoms with E-state index in [9.17, 15) is 0 Å². The van der Waals surface area contributed by atoms with Crippen molar-refractivity contribution in [3.63, 3.8) is 0 Å². The van der Waals surface area contributed by atoms with Gasteiger partial charge in [-0.1, -0.05) is 0 Å². The first-order chi connectivity index (χ1) is 7.26. The maximum atomic E-state index is 8.59. The quantitative estimate of drug-likeness (QED) is 0.532. The topological polar surface area (TPSA) is 66.4 Å². The van der Waals surface area contributed by atoms with Gasteiger partial charge in [0.25, 0.3) is 0 Å². The van der Waals surface area contributed by atoms with Crippen LogP contribution in [0.4, 0.5) is 0 Å². The van der Waals surface area contributed by atoms with E-state index in [2.05, 4.69) is 4.89 Å². The minimum absolute atomic E-state index is 0.180. The lowest BCUT2D eigenvalue weighted by molar-refractivity contribution is -0.382. The zero-order chi connectivity index (χ0) is 11.3. The van der Waals surface area contributed by atoms with Crippen LogP contribution in [-0.2, 0) is 23.8 Å². The Labute approximate surface area is 88.9 Å². The molecule has 1 aliphatic rings. The summed E-state index contributed by atoms with van der Waals surface area (Å²) in [7, 11) is 4.74. The lowest BCUT2D eigenvalue weighted by atomic mass is 10.0. The molecule has 1 rings (SSSR count).